The van der Waals surface area contributed by atoms with Crippen LogP contribution >= 0.6 is 11.6 Å². The average molecular weight is 262 g/mol. The van der Waals surface area contributed by atoms with Gasteiger partial charge in [0, 0.05) is 11.6 Å². The van der Waals surface area contributed by atoms with Crippen molar-refractivity contribution < 1.29 is 8.42 Å². The van der Waals surface area contributed by atoms with Crippen molar-refractivity contribution in [2.45, 2.75) is 25.2 Å². The molecule has 1 N–H and O–H groups in total. The number of sulfonamides is 1. The molecule has 0 fully saturated rings. The topological polar surface area (TPSA) is 46.2 Å². The van der Waals surface area contributed by atoms with E-state index in [0.717, 1.165) is 6.42 Å². The van der Waals surface area contributed by atoms with E-state index < -0.39 is 10.0 Å². The van der Waals surface area contributed by atoms with Crippen molar-refractivity contribution in [1.82, 2.24) is 4.72 Å². The molecule has 0 amide bonds. The smallest absolute Gasteiger partial charge is 0.211 e. The van der Waals surface area contributed by atoms with Gasteiger partial charge in [0.2, 0.25) is 10.0 Å². The summed E-state index contributed by atoms with van der Waals surface area (Å²) in [5.41, 5.74) is 0. The number of halogens is 1. The summed E-state index contributed by atoms with van der Waals surface area (Å²) in [6.07, 6.45) is 0.819. The summed E-state index contributed by atoms with van der Waals surface area (Å²) in [6.45, 7) is 4.55. The minimum Gasteiger partial charge on any atom is -0.211 e. The van der Waals surface area contributed by atoms with Gasteiger partial charge in [-0.15, -0.1) is 0 Å². The Morgan fingerprint density at radius 3 is 2.62 bits per heavy atom. The zero-order valence-corrected chi connectivity index (χ0v) is 11.0. The van der Waals surface area contributed by atoms with E-state index >= 15 is 0 Å². The first kappa shape index (κ1) is 13.5. The van der Waals surface area contributed by atoms with Crippen molar-refractivity contribution in [2.24, 2.45) is 5.92 Å². The fourth-order valence-corrected chi connectivity index (χ4v) is 2.55. The Balaban J connectivity index is 2.71. The van der Waals surface area contributed by atoms with Gasteiger partial charge in [0.1, 0.15) is 0 Å². The summed E-state index contributed by atoms with van der Waals surface area (Å²) in [6, 6.07) is 6.25. The second-order valence-electron chi connectivity index (χ2n) is 4.04. The molecule has 0 heterocycles. The van der Waals surface area contributed by atoms with Gasteiger partial charge in [-0.2, -0.15) is 0 Å². The number of rotatable bonds is 5. The number of benzene rings is 1. The standard InChI is InChI=1S/C11H16ClNO2S/c1-9(2)6-7-13-16(14,15)11-5-3-4-10(12)8-11/h3-5,8-9,13H,6-7H2,1-2H3. The van der Waals surface area contributed by atoms with Crippen molar-refractivity contribution >= 4 is 21.6 Å². The van der Waals surface area contributed by atoms with E-state index in [1.54, 1.807) is 12.1 Å². The molecule has 0 aromatic heterocycles. The molecule has 0 aliphatic rings. The Bertz CT molecular complexity index is 443. The Labute approximate surface area is 102 Å². The van der Waals surface area contributed by atoms with Gasteiger partial charge in [0.05, 0.1) is 4.90 Å². The summed E-state index contributed by atoms with van der Waals surface area (Å²) in [5, 5.41) is 0.423. The largest absolute Gasteiger partial charge is 0.240 e. The molecule has 0 aliphatic heterocycles. The van der Waals surface area contributed by atoms with Gasteiger partial charge < -0.3 is 0 Å². The molecule has 1 aromatic rings. The van der Waals surface area contributed by atoms with Crippen molar-refractivity contribution in [3.63, 3.8) is 0 Å². The van der Waals surface area contributed by atoms with Crippen LogP contribution in [0.15, 0.2) is 29.2 Å². The molecule has 1 aromatic carbocycles. The van der Waals surface area contributed by atoms with Gasteiger partial charge in [-0.05, 0) is 30.5 Å². The summed E-state index contributed by atoms with van der Waals surface area (Å²) in [7, 11) is -3.41. The molecule has 16 heavy (non-hydrogen) atoms. The van der Waals surface area contributed by atoms with Crippen molar-refractivity contribution in [3.05, 3.63) is 29.3 Å². The predicted molar refractivity (Wildman–Crippen MR) is 66.1 cm³/mol. The van der Waals surface area contributed by atoms with Crippen molar-refractivity contribution in [2.75, 3.05) is 6.54 Å². The van der Waals surface area contributed by atoms with Gasteiger partial charge in [-0.25, -0.2) is 13.1 Å². The second kappa shape index (κ2) is 5.66. The third-order valence-corrected chi connectivity index (χ3v) is 3.81. The fourth-order valence-electron chi connectivity index (χ4n) is 1.20. The second-order valence-corrected chi connectivity index (χ2v) is 6.24. The molecule has 1 rings (SSSR count). The van der Waals surface area contributed by atoms with Crippen LogP contribution in [0.1, 0.15) is 20.3 Å². The van der Waals surface area contributed by atoms with E-state index in [0.29, 0.717) is 17.5 Å². The zero-order valence-electron chi connectivity index (χ0n) is 9.40. The maximum absolute atomic E-state index is 11.8. The van der Waals surface area contributed by atoms with Crippen LogP contribution in [0.2, 0.25) is 5.02 Å². The minimum atomic E-state index is -3.41. The third kappa shape index (κ3) is 4.12. The molecular formula is C11H16ClNO2S. The van der Waals surface area contributed by atoms with Gasteiger partial charge in [0.15, 0.2) is 0 Å². The Morgan fingerprint density at radius 2 is 2.06 bits per heavy atom. The first-order chi connectivity index (χ1) is 7.42. The highest BCUT2D eigenvalue weighted by molar-refractivity contribution is 7.89. The number of nitrogens with one attached hydrogen (secondary N) is 1. The van der Waals surface area contributed by atoms with E-state index in [4.69, 9.17) is 11.6 Å². The minimum absolute atomic E-state index is 0.212. The van der Waals surface area contributed by atoms with Crippen LogP contribution in [0.25, 0.3) is 0 Å². The van der Waals surface area contributed by atoms with Gasteiger partial charge in [0.25, 0.3) is 0 Å². The van der Waals surface area contributed by atoms with Crippen LogP contribution in [-0.2, 0) is 10.0 Å². The summed E-state index contributed by atoms with van der Waals surface area (Å²) >= 11 is 5.74. The molecule has 90 valence electrons. The van der Waals surface area contributed by atoms with Crippen LogP contribution in [0.5, 0.6) is 0 Å². The van der Waals surface area contributed by atoms with Crippen LogP contribution in [0.3, 0.4) is 0 Å². The number of hydrogen-bond acceptors (Lipinski definition) is 2. The van der Waals surface area contributed by atoms with E-state index in [1.165, 1.54) is 12.1 Å². The van der Waals surface area contributed by atoms with Gasteiger partial charge in [-0.3, -0.25) is 0 Å². The molecule has 0 spiro atoms. The molecule has 0 saturated heterocycles. The maximum atomic E-state index is 11.8. The SMILES string of the molecule is CC(C)CCNS(=O)(=O)c1cccc(Cl)c1. The van der Waals surface area contributed by atoms with E-state index in [2.05, 4.69) is 4.72 Å². The van der Waals surface area contributed by atoms with Crippen LogP contribution in [0, 0.1) is 5.92 Å². The van der Waals surface area contributed by atoms with Gasteiger partial charge >= 0.3 is 0 Å². The maximum Gasteiger partial charge on any atom is 0.240 e. The number of hydrogen-bond donors (Lipinski definition) is 1. The van der Waals surface area contributed by atoms with E-state index in [1.807, 2.05) is 13.8 Å². The van der Waals surface area contributed by atoms with Crippen molar-refractivity contribution in [1.29, 1.82) is 0 Å². The summed E-state index contributed by atoms with van der Waals surface area (Å²) < 4.78 is 26.1. The lowest BCUT2D eigenvalue weighted by Crippen LogP contribution is -2.25. The predicted octanol–water partition coefficient (Wildman–Crippen LogP) is 2.66. The highest BCUT2D eigenvalue weighted by Crippen LogP contribution is 2.15. The molecule has 5 heteroatoms. The first-order valence-corrected chi connectivity index (χ1v) is 7.03. The Kier molecular flexibility index (Phi) is 4.77. The molecular weight excluding hydrogens is 246 g/mol. The van der Waals surface area contributed by atoms with Gasteiger partial charge in [-0.1, -0.05) is 31.5 Å². The van der Waals surface area contributed by atoms with Crippen LogP contribution < -0.4 is 4.72 Å². The third-order valence-electron chi connectivity index (χ3n) is 2.12. The Morgan fingerprint density at radius 1 is 1.38 bits per heavy atom. The zero-order chi connectivity index (χ0) is 12.2. The lowest BCUT2D eigenvalue weighted by atomic mass is 10.1. The molecule has 0 atom stereocenters. The van der Waals surface area contributed by atoms with E-state index in [-0.39, 0.29) is 4.90 Å². The fraction of sp³-hybridized carbons (Fsp3) is 0.455. The summed E-state index contributed by atoms with van der Waals surface area (Å²) in [4.78, 5) is 0.212. The molecule has 0 bridgehead atoms. The Hall–Kier alpha value is -0.580. The van der Waals surface area contributed by atoms with Crippen LogP contribution in [-0.4, -0.2) is 15.0 Å². The highest BCUT2D eigenvalue weighted by Gasteiger charge is 2.13. The quantitative estimate of drug-likeness (QED) is 0.886. The first-order valence-electron chi connectivity index (χ1n) is 5.17. The lowest BCUT2D eigenvalue weighted by molar-refractivity contribution is 0.551. The molecule has 0 aliphatic carbocycles. The normalized spacial score (nSPS) is 12.0. The van der Waals surface area contributed by atoms with Crippen molar-refractivity contribution in [3.8, 4) is 0 Å². The molecule has 3 nitrogen and oxygen atoms in total. The van der Waals surface area contributed by atoms with E-state index in [9.17, 15) is 8.42 Å². The monoisotopic (exact) mass is 261 g/mol. The molecule has 0 radical (unpaired) electrons. The summed E-state index contributed by atoms with van der Waals surface area (Å²) in [5.74, 6) is 0.474. The molecule has 0 unspecified atom stereocenters. The molecule has 0 saturated carbocycles. The highest BCUT2D eigenvalue weighted by atomic mass is 35.5. The lowest BCUT2D eigenvalue weighted by Gasteiger charge is -2.08. The average Bonchev–Trinajstić information content (AvgIpc) is 2.16. The van der Waals surface area contributed by atoms with Crippen LogP contribution in [0.4, 0.5) is 0 Å².